The number of ether oxygens (including phenoxy) is 7. The molecule has 23 atom stereocenters. The Labute approximate surface area is 400 Å². The molecule has 0 spiro atoms. The number of hydrogen-bond acceptors (Lipinski definition) is 18. The second kappa shape index (κ2) is 23.1. The number of alkyl carbamates (subject to hydrolysis) is 1. The maximum absolute atomic E-state index is 13.0. The van der Waals surface area contributed by atoms with Crippen LogP contribution in [0.3, 0.4) is 0 Å². The highest BCUT2D eigenvalue weighted by Gasteiger charge is 2.60. The van der Waals surface area contributed by atoms with Gasteiger partial charge in [0.05, 0.1) is 26.4 Å². The second-order valence-corrected chi connectivity index (χ2v) is 22.0. The average Bonchev–Trinajstić information content (AvgIpc) is 3.68. The third-order valence-electron chi connectivity index (χ3n) is 17.5. The predicted molar refractivity (Wildman–Crippen MR) is 241 cm³/mol. The van der Waals surface area contributed by atoms with Crippen LogP contribution in [0.25, 0.3) is 0 Å². The molecule has 3 saturated carbocycles. The van der Waals surface area contributed by atoms with Gasteiger partial charge in [-0.15, -0.1) is 0 Å². The maximum Gasteiger partial charge on any atom is 0.407 e. The minimum atomic E-state index is -1.94. The van der Waals surface area contributed by atoms with Crippen molar-refractivity contribution in [2.24, 2.45) is 46.3 Å². The molecule has 0 aromatic rings. The quantitative estimate of drug-likeness (QED) is 0.0674. The highest BCUT2D eigenvalue weighted by molar-refractivity contribution is 5.67. The molecule has 392 valence electrons. The minimum absolute atomic E-state index is 0.0158. The Bertz CT molecular complexity index is 1650. The first-order chi connectivity index (χ1) is 32.4. The lowest BCUT2D eigenvalue weighted by atomic mass is 9.47. The fourth-order valence-corrected chi connectivity index (χ4v) is 13.6. The summed E-state index contributed by atoms with van der Waals surface area (Å²) >= 11 is 0. The molecule has 19 heteroatoms. The molecule has 0 radical (unpaired) electrons. The zero-order valence-corrected chi connectivity index (χ0v) is 40.5. The van der Waals surface area contributed by atoms with E-state index in [0.717, 1.165) is 55.3 Å². The van der Waals surface area contributed by atoms with Gasteiger partial charge in [0.15, 0.2) is 18.9 Å². The van der Waals surface area contributed by atoms with Crippen LogP contribution in [0, 0.1) is 46.3 Å². The van der Waals surface area contributed by atoms with Crippen molar-refractivity contribution in [3.63, 3.8) is 0 Å². The van der Waals surface area contributed by atoms with Crippen molar-refractivity contribution in [3.05, 3.63) is 11.6 Å². The molecule has 68 heavy (non-hydrogen) atoms. The SMILES string of the molecule is CC(C)CCC[C@@H](C)[C@H]1CC[C@H]2[C@@H]3CC=C4C[C@@H](OC(=O)NCCCO[C@H]5O[C@H](CO)[C@@H](O[C@@H]6O[C@H](CO)[C@@H](O[C@@H]7O[C@H](CO)[C@@H](O)[C@H](O)[C@H]7O)[C@H](O)[C@H]6O)[C@H](O)[C@H]5O)CC[C@]4(C)[C@H]3CC[C@]12C. The van der Waals surface area contributed by atoms with Crippen LogP contribution >= 0.6 is 0 Å². The number of allylic oxidation sites excluding steroid dienone is 1. The summed E-state index contributed by atoms with van der Waals surface area (Å²) in [6.07, 6.45) is -9.79. The Morgan fingerprint density at radius 3 is 1.94 bits per heavy atom. The van der Waals surface area contributed by atoms with E-state index in [-0.39, 0.29) is 24.7 Å². The standard InChI is InChI=1S/C49H83NO18/c1-24(2)8-6-9-25(3)29-12-13-30-28-11-10-26-20-27(14-16-48(26,4)31(28)15-17-49(29,30)5)63-47(61)50-18-7-19-62-44-40(59)37(56)42(33(22-52)65-44)68-46-41(60)38(57)43(34(23-53)66-46)67-45-39(58)36(55)35(54)32(21-51)64-45/h10,24-25,27-46,51-60H,6-9,11-23H2,1-5H3,(H,50,61)/t25-,27+,28+,29-,30+,31+,32-,33-,34-,35-,36+,37-,38-,39-,40-,41-,42-,43-,44+,45+,46+,48+,49-/m1/s1. The zero-order valence-electron chi connectivity index (χ0n) is 40.5. The van der Waals surface area contributed by atoms with Crippen LogP contribution in [0.2, 0.25) is 0 Å². The fraction of sp³-hybridized carbons (Fsp3) is 0.939. The average molecular weight is 974 g/mol. The van der Waals surface area contributed by atoms with Crippen LogP contribution in [-0.2, 0) is 33.2 Å². The summed E-state index contributed by atoms with van der Waals surface area (Å²) in [7, 11) is 0. The molecule has 3 aliphatic heterocycles. The molecule has 4 aliphatic carbocycles. The van der Waals surface area contributed by atoms with Gasteiger partial charge in [0.2, 0.25) is 0 Å². The predicted octanol–water partition coefficient (Wildman–Crippen LogP) is 0.978. The third kappa shape index (κ3) is 11.1. The summed E-state index contributed by atoms with van der Waals surface area (Å²) in [6, 6.07) is 0. The van der Waals surface area contributed by atoms with Crippen molar-refractivity contribution in [1.82, 2.24) is 5.32 Å². The van der Waals surface area contributed by atoms with E-state index in [4.69, 9.17) is 33.2 Å². The van der Waals surface area contributed by atoms with Crippen molar-refractivity contribution in [3.8, 4) is 0 Å². The molecule has 3 heterocycles. The van der Waals surface area contributed by atoms with Gasteiger partial charge < -0.3 is 89.5 Å². The smallest absolute Gasteiger partial charge is 0.407 e. The Balaban J connectivity index is 0.832. The van der Waals surface area contributed by atoms with Gasteiger partial charge in [-0.2, -0.15) is 0 Å². The molecule has 7 aliphatic rings. The summed E-state index contributed by atoms with van der Waals surface area (Å²) in [5.74, 6) is 4.54. The van der Waals surface area contributed by atoms with E-state index in [1.807, 2.05) is 0 Å². The molecular weight excluding hydrogens is 891 g/mol. The first kappa shape index (κ1) is 54.2. The van der Waals surface area contributed by atoms with E-state index in [2.05, 4.69) is 46.0 Å². The third-order valence-corrected chi connectivity index (χ3v) is 17.5. The Morgan fingerprint density at radius 2 is 1.31 bits per heavy atom. The normalized spacial score (nSPS) is 46.6. The van der Waals surface area contributed by atoms with Crippen LogP contribution in [0.15, 0.2) is 11.6 Å². The molecule has 0 unspecified atom stereocenters. The van der Waals surface area contributed by atoms with Gasteiger partial charge in [0, 0.05) is 13.0 Å². The van der Waals surface area contributed by atoms with E-state index in [1.165, 1.54) is 50.5 Å². The summed E-state index contributed by atoms with van der Waals surface area (Å²) < 4.78 is 39.6. The highest BCUT2D eigenvalue weighted by Crippen LogP contribution is 2.67. The number of aliphatic hydroxyl groups is 10. The molecule has 0 aromatic carbocycles. The van der Waals surface area contributed by atoms with Gasteiger partial charge in [-0.1, -0.05) is 65.5 Å². The number of nitrogens with one attached hydrogen (secondary N) is 1. The van der Waals surface area contributed by atoms with Crippen molar-refractivity contribution in [2.45, 2.75) is 210 Å². The van der Waals surface area contributed by atoms with Gasteiger partial charge in [-0.05, 0) is 97.7 Å². The molecule has 0 bridgehead atoms. The number of aliphatic hydroxyl groups excluding tert-OH is 10. The molecule has 19 nitrogen and oxygen atoms in total. The van der Waals surface area contributed by atoms with Gasteiger partial charge >= 0.3 is 6.09 Å². The summed E-state index contributed by atoms with van der Waals surface area (Å²) in [5.41, 5.74) is 2.01. The van der Waals surface area contributed by atoms with Crippen LogP contribution in [-0.4, -0.2) is 188 Å². The first-order valence-electron chi connectivity index (χ1n) is 25.5. The number of carbonyl (C=O) groups is 1. The lowest BCUT2D eigenvalue weighted by Crippen LogP contribution is -2.66. The Kier molecular flexibility index (Phi) is 18.4. The van der Waals surface area contributed by atoms with Crippen LogP contribution in [0.4, 0.5) is 4.79 Å². The van der Waals surface area contributed by atoms with Crippen molar-refractivity contribution >= 4 is 6.09 Å². The summed E-state index contributed by atoms with van der Waals surface area (Å²) in [5, 5.41) is 107. The van der Waals surface area contributed by atoms with E-state index < -0.39 is 118 Å². The summed E-state index contributed by atoms with van der Waals surface area (Å²) in [6.45, 7) is 10.1. The number of fused-ring (bicyclic) bond motifs is 5. The molecular formula is C49H83NO18. The molecule has 7 rings (SSSR count). The molecule has 11 N–H and O–H groups in total. The van der Waals surface area contributed by atoms with Crippen molar-refractivity contribution in [1.29, 1.82) is 0 Å². The van der Waals surface area contributed by atoms with Crippen LogP contribution < -0.4 is 5.32 Å². The number of carbonyl (C=O) groups excluding carboxylic acids is 1. The minimum Gasteiger partial charge on any atom is -0.446 e. The van der Waals surface area contributed by atoms with E-state index in [9.17, 15) is 55.9 Å². The number of rotatable bonds is 18. The van der Waals surface area contributed by atoms with Crippen LogP contribution in [0.5, 0.6) is 0 Å². The van der Waals surface area contributed by atoms with Crippen LogP contribution in [0.1, 0.15) is 112 Å². The first-order valence-corrected chi connectivity index (χ1v) is 25.5. The second-order valence-electron chi connectivity index (χ2n) is 22.0. The highest BCUT2D eigenvalue weighted by atomic mass is 16.8. The van der Waals surface area contributed by atoms with Gasteiger partial charge in [0.25, 0.3) is 0 Å². The fourth-order valence-electron chi connectivity index (χ4n) is 13.6. The van der Waals surface area contributed by atoms with Gasteiger partial charge in [0.1, 0.15) is 79.4 Å². The van der Waals surface area contributed by atoms with Crippen molar-refractivity contribution < 1.29 is 89.0 Å². The monoisotopic (exact) mass is 974 g/mol. The number of amides is 1. The Hall–Kier alpha value is -1.63. The topological polar surface area (TPSA) is 296 Å². The molecule has 1 amide bonds. The lowest BCUT2D eigenvalue weighted by Gasteiger charge is -2.58. The lowest BCUT2D eigenvalue weighted by molar-refractivity contribution is -0.379. The van der Waals surface area contributed by atoms with Gasteiger partial charge in [-0.25, -0.2) is 4.79 Å². The summed E-state index contributed by atoms with van der Waals surface area (Å²) in [4.78, 5) is 13.0. The molecule has 6 fully saturated rings. The van der Waals surface area contributed by atoms with Crippen molar-refractivity contribution in [2.75, 3.05) is 33.0 Å². The molecule has 0 aromatic heterocycles. The zero-order chi connectivity index (χ0) is 49.2. The number of hydrogen-bond donors (Lipinski definition) is 11. The van der Waals surface area contributed by atoms with E-state index in [1.54, 1.807) is 0 Å². The molecule has 3 saturated heterocycles. The van der Waals surface area contributed by atoms with Gasteiger partial charge in [-0.3, -0.25) is 0 Å². The van der Waals surface area contributed by atoms with E-state index >= 15 is 0 Å². The Morgan fingerprint density at radius 1 is 0.706 bits per heavy atom. The largest absolute Gasteiger partial charge is 0.446 e. The maximum atomic E-state index is 13.0. The van der Waals surface area contributed by atoms with E-state index in [0.29, 0.717) is 17.8 Å².